The highest BCUT2D eigenvalue weighted by atomic mass is 19.2. The molecule has 1 aromatic carbocycles. The number of nitrogens with two attached hydrogens (primary N) is 1. The lowest BCUT2D eigenvalue weighted by molar-refractivity contribution is 0.366. The van der Waals surface area contributed by atoms with Crippen LogP contribution in [0.3, 0.4) is 0 Å². The summed E-state index contributed by atoms with van der Waals surface area (Å²) in [7, 11) is 0. The van der Waals surface area contributed by atoms with Gasteiger partial charge in [-0.05, 0) is 25.8 Å². The molecule has 0 heterocycles. The fraction of sp³-hybridized carbons (Fsp3) is 0.455. The first-order valence-corrected chi connectivity index (χ1v) is 5.02. The van der Waals surface area contributed by atoms with Crippen molar-refractivity contribution in [3.8, 4) is 5.75 Å². The van der Waals surface area contributed by atoms with Crippen LogP contribution in [0.1, 0.15) is 25.3 Å². The minimum Gasteiger partial charge on any atom is -0.503 e. The smallest absolute Gasteiger partial charge is 0.203 e. The Labute approximate surface area is 90.9 Å². The van der Waals surface area contributed by atoms with E-state index < -0.39 is 28.6 Å². The van der Waals surface area contributed by atoms with Crippen molar-refractivity contribution in [1.29, 1.82) is 0 Å². The van der Waals surface area contributed by atoms with E-state index in [1.165, 1.54) is 0 Å². The van der Waals surface area contributed by atoms with Crippen LogP contribution in [0.5, 0.6) is 5.75 Å². The van der Waals surface area contributed by atoms with Gasteiger partial charge in [-0.25, -0.2) is 8.78 Å². The minimum absolute atomic E-state index is 0.0288. The molecule has 16 heavy (non-hydrogen) atoms. The van der Waals surface area contributed by atoms with Crippen molar-refractivity contribution in [2.45, 2.75) is 31.2 Å². The number of phenolic OH excluding ortho intramolecular Hbond substituents is 1. The second-order valence-corrected chi connectivity index (χ2v) is 4.33. The molecule has 2 nitrogen and oxygen atoms in total. The normalized spacial score (nSPS) is 19.6. The fourth-order valence-corrected chi connectivity index (χ4v) is 2.06. The molecular formula is C11H12F3NO. The second kappa shape index (κ2) is 3.38. The summed E-state index contributed by atoms with van der Waals surface area (Å²) in [6.07, 6.45) is 1.23. The third-order valence-electron chi connectivity index (χ3n) is 3.33. The van der Waals surface area contributed by atoms with E-state index >= 15 is 0 Å². The highest BCUT2D eigenvalue weighted by Gasteiger charge is 2.50. The third-order valence-corrected chi connectivity index (χ3v) is 3.33. The summed E-state index contributed by atoms with van der Waals surface area (Å²) in [6, 6.07) is 0.423. The Hall–Kier alpha value is -1.23. The molecule has 5 heteroatoms. The molecule has 2 rings (SSSR count). The van der Waals surface area contributed by atoms with E-state index in [1.807, 2.05) is 0 Å². The van der Waals surface area contributed by atoms with Gasteiger partial charge in [0.25, 0.3) is 0 Å². The summed E-state index contributed by atoms with van der Waals surface area (Å²) in [5, 5.41) is 9.11. The van der Waals surface area contributed by atoms with E-state index in [0.717, 1.165) is 6.07 Å². The van der Waals surface area contributed by atoms with E-state index in [-0.39, 0.29) is 11.6 Å². The van der Waals surface area contributed by atoms with Crippen molar-refractivity contribution in [2.24, 2.45) is 5.73 Å². The SMILES string of the molecule is CC(N)C1(c2cc(F)c(F)c(O)c2F)CC1. The Morgan fingerprint density at radius 2 is 1.88 bits per heavy atom. The fourth-order valence-electron chi connectivity index (χ4n) is 2.06. The number of benzene rings is 1. The van der Waals surface area contributed by atoms with Gasteiger partial charge in [0.1, 0.15) is 0 Å². The van der Waals surface area contributed by atoms with Gasteiger partial charge in [0.2, 0.25) is 5.82 Å². The Kier molecular flexibility index (Phi) is 2.38. The molecule has 1 unspecified atom stereocenters. The van der Waals surface area contributed by atoms with Gasteiger partial charge in [0, 0.05) is 17.0 Å². The van der Waals surface area contributed by atoms with Gasteiger partial charge in [-0.2, -0.15) is 4.39 Å². The molecule has 0 bridgehead atoms. The third kappa shape index (κ3) is 1.38. The summed E-state index contributed by atoms with van der Waals surface area (Å²) in [6.45, 7) is 1.69. The van der Waals surface area contributed by atoms with Crippen molar-refractivity contribution in [3.05, 3.63) is 29.1 Å². The summed E-state index contributed by atoms with van der Waals surface area (Å²) < 4.78 is 39.6. The van der Waals surface area contributed by atoms with Gasteiger partial charge in [-0.15, -0.1) is 0 Å². The minimum atomic E-state index is -1.55. The zero-order valence-corrected chi connectivity index (χ0v) is 8.73. The lowest BCUT2D eigenvalue weighted by Gasteiger charge is -2.21. The van der Waals surface area contributed by atoms with Crippen LogP contribution in [0.4, 0.5) is 13.2 Å². The van der Waals surface area contributed by atoms with Gasteiger partial charge < -0.3 is 10.8 Å². The molecule has 3 N–H and O–H groups in total. The number of hydrogen-bond donors (Lipinski definition) is 2. The highest BCUT2D eigenvalue weighted by Crippen LogP contribution is 2.52. The predicted molar refractivity (Wildman–Crippen MR) is 52.5 cm³/mol. The Morgan fingerprint density at radius 3 is 2.31 bits per heavy atom. The number of phenols is 1. The molecule has 1 atom stereocenters. The van der Waals surface area contributed by atoms with E-state index in [4.69, 9.17) is 10.8 Å². The first kappa shape index (κ1) is 11.3. The van der Waals surface area contributed by atoms with E-state index in [2.05, 4.69) is 0 Å². The standard InChI is InChI=1S/C11H12F3NO/c1-5(15)11(2-3-11)6-4-7(12)9(14)10(16)8(6)13/h4-5,16H,2-3,15H2,1H3. The molecule has 88 valence electrons. The molecule has 0 aromatic heterocycles. The number of aromatic hydroxyl groups is 1. The van der Waals surface area contributed by atoms with Crippen molar-refractivity contribution in [3.63, 3.8) is 0 Å². The molecule has 1 saturated carbocycles. The maximum Gasteiger partial charge on any atom is 0.203 e. The molecule has 0 saturated heterocycles. The maximum atomic E-state index is 13.6. The number of halogens is 3. The van der Waals surface area contributed by atoms with Crippen LogP contribution in [-0.4, -0.2) is 11.1 Å². The van der Waals surface area contributed by atoms with Gasteiger partial charge in [0.05, 0.1) is 0 Å². The summed E-state index contributed by atoms with van der Waals surface area (Å²) in [5.74, 6) is -5.17. The van der Waals surface area contributed by atoms with E-state index in [1.54, 1.807) is 6.92 Å². The predicted octanol–water partition coefficient (Wildman–Crippen LogP) is 2.19. The lowest BCUT2D eigenvalue weighted by Crippen LogP contribution is -2.32. The van der Waals surface area contributed by atoms with Crippen LogP contribution >= 0.6 is 0 Å². The second-order valence-electron chi connectivity index (χ2n) is 4.33. The van der Waals surface area contributed by atoms with Crippen molar-refractivity contribution < 1.29 is 18.3 Å². The molecular weight excluding hydrogens is 219 g/mol. The average Bonchev–Trinajstić information content (AvgIpc) is 3.01. The van der Waals surface area contributed by atoms with Gasteiger partial charge in [-0.3, -0.25) is 0 Å². The Balaban J connectivity index is 2.59. The summed E-state index contributed by atoms with van der Waals surface area (Å²) in [4.78, 5) is 0. The van der Waals surface area contributed by atoms with Crippen molar-refractivity contribution >= 4 is 0 Å². The van der Waals surface area contributed by atoms with Gasteiger partial charge in [-0.1, -0.05) is 0 Å². The van der Waals surface area contributed by atoms with Crippen LogP contribution in [0.15, 0.2) is 6.07 Å². The first-order valence-electron chi connectivity index (χ1n) is 5.02. The van der Waals surface area contributed by atoms with E-state index in [9.17, 15) is 13.2 Å². The van der Waals surface area contributed by atoms with Crippen LogP contribution in [0.2, 0.25) is 0 Å². The largest absolute Gasteiger partial charge is 0.503 e. The average molecular weight is 231 g/mol. The first-order chi connectivity index (χ1) is 7.40. The zero-order chi connectivity index (χ0) is 12.1. The Bertz CT molecular complexity index is 441. The van der Waals surface area contributed by atoms with Crippen molar-refractivity contribution in [1.82, 2.24) is 0 Å². The lowest BCUT2D eigenvalue weighted by atomic mass is 9.88. The van der Waals surface area contributed by atoms with Gasteiger partial charge in [0.15, 0.2) is 17.4 Å². The Morgan fingerprint density at radius 1 is 1.31 bits per heavy atom. The molecule has 0 spiro atoms. The number of hydrogen-bond acceptors (Lipinski definition) is 2. The number of rotatable bonds is 2. The zero-order valence-electron chi connectivity index (χ0n) is 8.73. The van der Waals surface area contributed by atoms with Gasteiger partial charge >= 0.3 is 0 Å². The van der Waals surface area contributed by atoms with Crippen LogP contribution < -0.4 is 5.73 Å². The monoisotopic (exact) mass is 231 g/mol. The molecule has 0 amide bonds. The molecule has 1 aromatic rings. The summed E-state index contributed by atoms with van der Waals surface area (Å²) in [5.41, 5.74) is 5.02. The quantitative estimate of drug-likeness (QED) is 0.766. The molecule has 0 radical (unpaired) electrons. The van der Waals surface area contributed by atoms with Crippen molar-refractivity contribution in [2.75, 3.05) is 0 Å². The molecule has 1 fully saturated rings. The topological polar surface area (TPSA) is 46.2 Å². The molecule has 0 aliphatic heterocycles. The maximum absolute atomic E-state index is 13.6. The highest BCUT2D eigenvalue weighted by molar-refractivity contribution is 5.41. The summed E-state index contributed by atoms with van der Waals surface area (Å²) >= 11 is 0. The molecule has 1 aliphatic rings. The van der Waals surface area contributed by atoms with Crippen LogP contribution in [0.25, 0.3) is 0 Å². The van der Waals surface area contributed by atoms with Crippen LogP contribution in [0, 0.1) is 17.5 Å². The molecule has 1 aliphatic carbocycles. The van der Waals surface area contributed by atoms with Crippen LogP contribution in [-0.2, 0) is 5.41 Å². The van der Waals surface area contributed by atoms with E-state index in [0.29, 0.717) is 12.8 Å².